The minimum Gasteiger partial charge on any atom is -0.457 e. The summed E-state index contributed by atoms with van der Waals surface area (Å²) >= 11 is 1.57. The molecule has 0 saturated heterocycles. The molecule has 1 aromatic carbocycles. The molecular weight excluding hydrogens is 410 g/mol. The summed E-state index contributed by atoms with van der Waals surface area (Å²) in [5.74, 6) is 1.68. The predicted octanol–water partition coefficient (Wildman–Crippen LogP) is 4.64. The number of benzene rings is 1. The summed E-state index contributed by atoms with van der Waals surface area (Å²) in [7, 11) is 0. The van der Waals surface area contributed by atoms with E-state index >= 15 is 0 Å². The molecule has 7 nitrogen and oxygen atoms in total. The highest BCUT2D eigenvalue weighted by Gasteiger charge is 2.13. The van der Waals surface area contributed by atoms with Crippen LogP contribution in [0.3, 0.4) is 0 Å². The fourth-order valence-electron chi connectivity index (χ4n) is 2.91. The van der Waals surface area contributed by atoms with Crippen LogP contribution in [0.5, 0.6) is 11.5 Å². The highest BCUT2D eigenvalue weighted by Crippen LogP contribution is 2.31. The molecule has 0 fully saturated rings. The summed E-state index contributed by atoms with van der Waals surface area (Å²) in [5.41, 5.74) is 2.99. The molecule has 3 aromatic heterocycles. The molecule has 31 heavy (non-hydrogen) atoms. The maximum absolute atomic E-state index is 12.9. The van der Waals surface area contributed by atoms with Crippen LogP contribution in [0, 0.1) is 20.8 Å². The zero-order valence-electron chi connectivity index (χ0n) is 17.4. The molecule has 156 valence electrons. The van der Waals surface area contributed by atoms with E-state index in [2.05, 4.69) is 25.3 Å². The molecule has 0 spiro atoms. The molecule has 0 unspecified atom stereocenters. The minimum atomic E-state index is -0.216. The van der Waals surface area contributed by atoms with Crippen LogP contribution in [-0.2, 0) is 6.54 Å². The van der Waals surface area contributed by atoms with E-state index in [1.54, 1.807) is 42.1 Å². The van der Waals surface area contributed by atoms with Gasteiger partial charge in [0, 0.05) is 64.7 Å². The van der Waals surface area contributed by atoms with Gasteiger partial charge in [0.25, 0.3) is 5.91 Å². The van der Waals surface area contributed by atoms with Crippen molar-refractivity contribution in [2.24, 2.45) is 0 Å². The van der Waals surface area contributed by atoms with E-state index in [9.17, 15) is 4.79 Å². The number of rotatable bonds is 6. The van der Waals surface area contributed by atoms with Crippen molar-refractivity contribution in [1.29, 1.82) is 0 Å². The number of hydrogen-bond acceptors (Lipinski definition) is 7. The van der Waals surface area contributed by atoms with E-state index < -0.39 is 0 Å². The van der Waals surface area contributed by atoms with E-state index in [1.807, 2.05) is 45.2 Å². The second-order valence-electron chi connectivity index (χ2n) is 7.08. The molecule has 0 saturated carbocycles. The van der Waals surface area contributed by atoms with Crippen LogP contribution in [0.1, 0.15) is 32.3 Å². The normalized spacial score (nSPS) is 10.7. The van der Waals surface area contributed by atoms with E-state index in [1.165, 1.54) is 0 Å². The molecule has 0 aliphatic carbocycles. The van der Waals surface area contributed by atoms with Crippen LogP contribution in [0.4, 0.5) is 0 Å². The lowest BCUT2D eigenvalue weighted by molar-refractivity contribution is 0.0950. The number of nitrogens with one attached hydrogen (secondary N) is 1. The number of carbonyl (C=O) groups excluding carboxylic acids is 1. The van der Waals surface area contributed by atoms with Gasteiger partial charge in [0.05, 0.1) is 0 Å². The summed E-state index contributed by atoms with van der Waals surface area (Å²) in [6.07, 6.45) is 6.92. The van der Waals surface area contributed by atoms with Gasteiger partial charge in [-0.2, -0.15) is 0 Å². The number of amides is 1. The summed E-state index contributed by atoms with van der Waals surface area (Å²) in [4.78, 5) is 31.0. The van der Waals surface area contributed by atoms with Crippen molar-refractivity contribution >= 4 is 17.2 Å². The lowest BCUT2D eigenvalue weighted by Crippen LogP contribution is -2.23. The largest absolute Gasteiger partial charge is 0.457 e. The first-order valence-electron chi connectivity index (χ1n) is 9.70. The third-order valence-electron chi connectivity index (χ3n) is 4.43. The maximum atomic E-state index is 12.9. The highest BCUT2D eigenvalue weighted by molar-refractivity contribution is 7.14. The Bertz CT molecular complexity index is 1220. The Balaban J connectivity index is 1.61. The summed E-state index contributed by atoms with van der Waals surface area (Å²) in [6.45, 7) is 6.05. The molecule has 0 radical (unpaired) electrons. The molecule has 0 aliphatic heterocycles. The van der Waals surface area contributed by atoms with Crippen molar-refractivity contribution in [2.75, 3.05) is 0 Å². The summed E-state index contributed by atoms with van der Waals surface area (Å²) < 4.78 is 6.03. The van der Waals surface area contributed by atoms with E-state index in [-0.39, 0.29) is 5.91 Å². The Morgan fingerprint density at radius 1 is 0.968 bits per heavy atom. The molecular formula is C23H21N5O2S. The molecule has 0 atom stereocenters. The topological polar surface area (TPSA) is 89.9 Å². The van der Waals surface area contributed by atoms with Gasteiger partial charge in [-0.25, -0.2) is 15.0 Å². The fraction of sp³-hybridized carbons (Fsp3) is 0.174. The zero-order valence-corrected chi connectivity index (χ0v) is 18.2. The van der Waals surface area contributed by atoms with Gasteiger partial charge in [0.15, 0.2) is 0 Å². The number of hydrogen-bond donors (Lipinski definition) is 1. The third-order valence-corrected chi connectivity index (χ3v) is 5.39. The molecule has 4 rings (SSSR count). The van der Waals surface area contributed by atoms with Gasteiger partial charge in [-0.15, -0.1) is 11.3 Å². The van der Waals surface area contributed by atoms with Crippen LogP contribution >= 0.6 is 11.3 Å². The monoisotopic (exact) mass is 431 g/mol. The van der Waals surface area contributed by atoms with Crippen molar-refractivity contribution in [3.05, 3.63) is 82.6 Å². The van der Waals surface area contributed by atoms with E-state index in [0.717, 1.165) is 26.7 Å². The minimum absolute atomic E-state index is 0.216. The molecule has 0 bridgehead atoms. The van der Waals surface area contributed by atoms with Crippen LogP contribution in [0.15, 0.2) is 55.1 Å². The number of aromatic nitrogens is 4. The zero-order chi connectivity index (χ0) is 21.8. The molecule has 1 amide bonds. The fourth-order valence-corrected chi connectivity index (χ4v) is 3.67. The molecule has 4 aromatic rings. The highest BCUT2D eigenvalue weighted by atomic mass is 32.1. The number of nitrogens with zero attached hydrogens (tertiary/aromatic N) is 4. The average molecular weight is 432 g/mol. The first-order valence-corrected chi connectivity index (χ1v) is 10.5. The first kappa shape index (κ1) is 20.6. The maximum Gasteiger partial charge on any atom is 0.251 e. The van der Waals surface area contributed by atoms with Gasteiger partial charge >= 0.3 is 0 Å². The predicted molar refractivity (Wildman–Crippen MR) is 119 cm³/mol. The van der Waals surface area contributed by atoms with Crippen molar-refractivity contribution in [1.82, 2.24) is 25.3 Å². The number of carbonyl (C=O) groups is 1. The number of thiazole rings is 1. The molecule has 0 aliphatic rings. The van der Waals surface area contributed by atoms with Crippen molar-refractivity contribution in [2.45, 2.75) is 27.3 Å². The number of pyridine rings is 1. The van der Waals surface area contributed by atoms with Gasteiger partial charge in [-0.1, -0.05) is 0 Å². The van der Waals surface area contributed by atoms with Gasteiger partial charge in [0.1, 0.15) is 22.3 Å². The van der Waals surface area contributed by atoms with E-state index in [0.29, 0.717) is 29.4 Å². The second kappa shape index (κ2) is 9.01. The van der Waals surface area contributed by atoms with Crippen LogP contribution in [0.25, 0.3) is 10.6 Å². The Hall–Kier alpha value is -3.65. The second-order valence-corrected chi connectivity index (χ2v) is 8.31. The van der Waals surface area contributed by atoms with Crippen molar-refractivity contribution < 1.29 is 9.53 Å². The average Bonchev–Trinajstić information content (AvgIpc) is 3.19. The molecule has 3 heterocycles. The van der Waals surface area contributed by atoms with Crippen LogP contribution in [0.2, 0.25) is 0 Å². The number of ether oxygens (including phenoxy) is 1. The van der Waals surface area contributed by atoms with Gasteiger partial charge < -0.3 is 10.1 Å². The van der Waals surface area contributed by atoms with Crippen LogP contribution < -0.4 is 10.1 Å². The Kier molecular flexibility index (Phi) is 5.99. The third kappa shape index (κ3) is 5.29. The quantitative estimate of drug-likeness (QED) is 0.478. The van der Waals surface area contributed by atoms with E-state index in [4.69, 9.17) is 4.74 Å². The SMILES string of the molecule is Cc1cc(Oc2cc(C(=O)NCc3cnc(C)nc3)cc(-c3ncc(C)s3)c2)ccn1. The Labute approximate surface area is 184 Å². The molecule has 1 N–H and O–H groups in total. The lowest BCUT2D eigenvalue weighted by Gasteiger charge is -2.11. The number of aryl methyl sites for hydroxylation is 3. The Morgan fingerprint density at radius 3 is 2.48 bits per heavy atom. The smallest absolute Gasteiger partial charge is 0.251 e. The van der Waals surface area contributed by atoms with Gasteiger partial charge in [-0.3, -0.25) is 9.78 Å². The van der Waals surface area contributed by atoms with Crippen LogP contribution in [-0.4, -0.2) is 25.8 Å². The van der Waals surface area contributed by atoms with Gasteiger partial charge in [-0.05, 0) is 45.0 Å². The standard InChI is InChI=1S/C23H21N5O2S/c1-14-6-20(4-5-24-14)30-21-8-18(7-19(9-21)23-28-10-15(2)31-23)22(29)27-13-17-11-25-16(3)26-12-17/h4-12H,13H2,1-3H3,(H,27,29). The summed E-state index contributed by atoms with van der Waals surface area (Å²) in [6, 6.07) is 9.06. The van der Waals surface area contributed by atoms with Crippen molar-refractivity contribution in [3.8, 4) is 22.1 Å². The summed E-state index contributed by atoms with van der Waals surface area (Å²) in [5, 5.41) is 3.75. The Morgan fingerprint density at radius 2 is 1.77 bits per heavy atom. The molecule has 8 heteroatoms. The van der Waals surface area contributed by atoms with Crippen molar-refractivity contribution in [3.63, 3.8) is 0 Å². The lowest BCUT2D eigenvalue weighted by atomic mass is 10.1. The first-order chi connectivity index (χ1) is 15.0. The van der Waals surface area contributed by atoms with Gasteiger partial charge in [0.2, 0.25) is 0 Å².